The Bertz CT molecular complexity index is 605. The maximum atomic E-state index is 12.5. The Balaban J connectivity index is 1.83. The first kappa shape index (κ1) is 16.7. The SMILES string of the molecule is NC[C@@H]1CCN(CC(c2ccccc2)c2ccccc2)C(=O)CN1. The molecule has 24 heavy (non-hydrogen) atoms. The van der Waals surface area contributed by atoms with Crippen molar-refractivity contribution in [2.45, 2.75) is 18.4 Å². The highest BCUT2D eigenvalue weighted by Crippen LogP contribution is 2.26. The smallest absolute Gasteiger partial charge is 0.236 e. The average Bonchev–Trinajstić information content (AvgIpc) is 2.82. The minimum atomic E-state index is 0.155. The summed E-state index contributed by atoms with van der Waals surface area (Å²) < 4.78 is 0. The molecule has 0 radical (unpaired) electrons. The number of carbonyl (C=O) groups is 1. The summed E-state index contributed by atoms with van der Waals surface area (Å²) in [6.07, 6.45) is 0.901. The van der Waals surface area contributed by atoms with E-state index in [2.05, 4.69) is 53.8 Å². The number of nitrogens with two attached hydrogens (primary N) is 1. The fourth-order valence-corrected chi connectivity index (χ4v) is 3.27. The van der Waals surface area contributed by atoms with Crippen LogP contribution in [-0.2, 0) is 4.79 Å². The predicted molar refractivity (Wildman–Crippen MR) is 96.8 cm³/mol. The molecular weight excluding hydrogens is 298 g/mol. The summed E-state index contributed by atoms with van der Waals surface area (Å²) in [6.45, 7) is 2.40. The van der Waals surface area contributed by atoms with Crippen LogP contribution in [0.1, 0.15) is 23.5 Å². The molecule has 2 aromatic rings. The van der Waals surface area contributed by atoms with Gasteiger partial charge < -0.3 is 16.0 Å². The standard InChI is InChI=1S/C20H25N3O/c21-13-18-11-12-23(20(24)14-22-18)15-19(16-7-3-1-4-8-16)17-9-5-2-6-10-17/h1-10,18-19,22H,11-15,21H2/t18-/m0/s1. The predicted octanol–water partition coefficient (Wildman–Crippen LogP) is 1.97. The monoisotopic (exact) mass is 323 g/mol. The maximum Gasteiger partial charge on any atom is 0.236 e. The zero-order valence-electron chi connectivity index (χ0n) is 13.9. The molecule has 0 spiro atoms. The van der Waals surface area contributed by atoms with E-state index >= 15 is 0 Å². The molecule has 4 nitrogen and oxygen atoms in total. The highest BCUT2D eigenvalue weighted by Gasteiger charge is 2.25. The molecule has 3 rings (SSSR count). The molecular formula is C20H25N3O. The first-order valence-corrected chi connectivity index (χ1v) is 8.59. The topological polar surface area (TPSA) is 58.4 Å². The molecule has 4 heteroatoms. The van der Waals surface area contributed by atoms with Gasteiger partial charge in [0.1, 0.15) is 0 Å². The molecule has 1 saturated heterocycles. The lowest BCUT2D eigenvalue weighted by Gasteiger charge is -2.27. The van der Waals surface area contributed by atoms with E-state index in [-0.39, 0.29) is 17.9 Å². The number of nitrogens with one attached hydrogen (secondary N) is 1. The van der Waals surface area contributed by atoms with Gasteiger partial charge in [-0.2, -0.15) is 0 Å². The van der Waals surface area contributed by atoms with Crippen LogP contribution in [0.5, 0.6) is 0 Å². The first-order valence-electron chi connectivity index (χ1n) is 8.59. The van der Waals surface area contributed by atoms with E-state index in [0.29, 0.717) is 19.6 Å². The fraction of sp³-hybridized carbons (Fsp3) is 0.350. The number of amides is 1. The van der Waals surface area contributed by atoms with E-state index in [1.807, 2.05) is 17.0 Å². The summed E-state index contributed by atoms with van der Waals surface area (Å²) in [4.78, 5) is 14.5. The summed E-state index contributed by atoms with van der Waals surface area (Å²) in [6, 6.07) is 21.1. The van der Waals surface area contributed by atoms with E-state index in [1.54, 1.807) is 0 Å². The second-order valence-electron chi connectivity index (χ2n) is 6.32. The molecule has 1 aliphatic rings. The summed E-state index contributed by atoms with van der Waals surface area (Å²) >= 11 is 0. The highest BCUT2D eigenvalue weighted by molar-refractivity contribution is 5.78. The van der Waals surface area contributed by atoms with Gasteiger partial charge in [0.25, 0.3) is 0 Å². The number of benzene rings is 2. The van der Waals surface area contributed by atoms with Crippen molar-refractivity contribution >= 4 is 5.91 Å². The Kier molecular flexibility index (Phi) is 5.62. The minimum absolute atomic E-state index is 0.155. The van der Waals surface area contributed by atoms with Crippen LogP contribution in [0.3, 0.4) is 0 Å². The molecule has 0 aromatic heterocycles. The van der Waals surface area contributed by atoms with Crippen molar-refractivity contribution in [2.24, 2.45) is 5.73 Å². The van der Waals surface area contributed by atoms with Crippen LogP contribution in [0.2, 0.25) is 0 Å². The zero-order chi connectivity index (χ0) is 16.8. The van der Waals surface area contributed by atoms with Crippen molar-refractivity contribution in [3.63, 3.8) is 0 Å². The van der Waals surface area contributed by atoms with Crippen molar-refractivity contribution in [3.05, 3.63) is 71.8 Å². The van der Waals surface area contributed by atoms with Crippen molar-refractivity contribution in [2.75, 3.05) is 26.2 Å². The number of carbonyl (C=O) groups excluding carboxylic acids is 1. The van der Waals surface area contributed by atoms with Crippen LogP contribution < -0.4 is 11.1 Å². The molecule has 126 valence electrons. The van der Waals surface area contributed by atoms with Crippen LogP contribution >= 0.6 is 0 Å². The molecule has 1 amide bonds. The maximum absolute atomic E-state index is 12.5. The van der Waals surface area contributed by atoms with Crippen LogP contribution in [0.4, 0.5) is 0 Å². The normalized spacial score (nSPS) is 18.7. The second kappa shape index (κ2) is 8.08. The van der Waals surface area contributed by atoms with Gasteiger partial charge in [-0.05, 0) is 17.5 Å². The van der Waals surface area contributed by atoms with E-state index in [4.69, 9.17) is 5.73 Å². The summed E-state index contributed by atoms with van der Waals surface area (Å²) in [7, 11) is 0. The number of rotatable bonds is 5. The van der Waals surface area contributed by atoms with Gasteiger partial charge in [0.05, 0.1) is 6.54 Å². The van der Waals surface area contributed by atoms with Crippen LogP contribution in [0.15, 0.2) is 60.7 Å². The first-order chi connectivity index (χ1) is 11.8. The van der Waals surface area contributed by atoms with Crippen molar-refractivity contribution in [3.8, 4) is 0 Å². The van der Waals surface area contributed by atoms with Gasteiger partial charge in [-0.25, -0.2) is 0 Å². The molecule has 3 N–H and O–H groups in total. The third kappa shape index (κ3) is 4.02. The summed E-state index contributed by atoms with van der Waals surface area (Å²) in [5, 5.41) is 3.25. The van der Waals surface area contributed by atoms with E-state index in [1.165, 1.54) is 11.1 Å². The molecule has 0 saturated carbocycles. The number of nitrogens with zero attached hydrogens (tertiary/aromatic N) is 1. The Morgan fingerprint density at radius 2 is 1.62 bits per heavy atom. The van der Waals surface area contributed by atoms with Gasteiger partial charge in [0, 0.05) is 31.6 Å². The molecule has 0 aliphatic carbocycles. The average molecular weight is 323 g/mol. The van der Waals surface area contributed by atoms with Crippen molar-refractivity contribution in [1.29, 1.82) is 0 Å². The molecule has 1 atom stereocenters. The molecule has 1 heterocycles. The molecule has 2 aromatic carbocycles. The molecule has 0 bridgehead atoms. The third-order valence-electron chi connectivity index (χ3n) is 4.73. The largest absolute Gasteiger partial charge is 0.341 e. The lowest BCUT2D eigenvalue weighted by molar-refractivity contribution is -0.129. The van der Waals surface area contributed by atoms with Gasteiger partial charge in [0.15, 0.2) is 0 Å². The van der Waals surface area contributed by atoms with E-state index in [9.17, 15) is 4.79 Å². The van der Waals surface area contributed by atoms with Crippen LogP contribution in [0, 0.1) is 0 Å². The summed E-state index contributed by atoms with van der Waals surface area (Å²) in [5.41, 5.74) is 8.23. The molecule has 1 fully saturated rings. The van der Waals surface area contributed by atoms with Gasteiger partial charge >= 0.3 is 0 Å². The molecule has 1 aliphatic heterocycles. The number of hydrogen-bond donors (Lipinski definition) is 2. The second-order valence-corrected chi connectivity index (χ2v) is 6.32. The quantitative estimate of drug-likeness (QED) is 0.884. The lowest BCUT2D eigenvalue weighted by Crippen LogP contribution is -2.39. The van der Waals surface area contributed by atoms with Gasteiger partial charge in [0.2, 0.25) is 5.91 Å². The van der Waals surface area contributed by atoms with Crippen LogP contribution in [-0.4, -0.2) is 43.0 Å². The Morgan fingerprint density at radius 3 is 2.17 bits per heavy atom. The Hall–Kier alpha value is -2.17. The minimum Gasteiger partial charge on any atom is -0.341 e. The fourth-order valence-electron chi connectivity index (χ4n) is 3.27. The van der Waals surface area contributed by atoms with Gasteiger partial charge in [-0.3, -0.25) is 4.79 Å². The third-order valence-corrected chi connectivity index (χ3v) is 4.73. The Labute approximate surface area is 143 Å². The number of hydrogen-bond acceptors (Lipinski definition) is 3. The van der Waals surface area contributed by atoms with Gasteiger partial charge in [-0.1, -0.05) is 60.7 Å². The van der Waals surface area contributed by atoms with Crippen molar-refractivity contribution < 1.29 is 4.79 Å². The zero-order valence-corrected chi connectivity index (χ0v) is 13.9. The Morgan fingerprint density at radius 1 is 1.04 bits per heavy atom. The lowest BCUT2D eigenvalue weighted by atomic mass is 9.90. The van der Waals surface area contributed by atoms with Crippen LogP contribution in [0.25, 0.3) is 0 Å². The molecule has 0 unspecified atom stereocenters. The van der Waals surface area contributed by atoms with Gasteiger partial charge in [-0.15, -0.1) is 0 Å². The van der Waals surface area contributed by atoms with E-state index in [0.717, 1.165) is 13.0 Å². The van der Waals surface area contributed by atoms with E-state index < -0.39 is 0 Å². The highest BCUT2D eigenvalue weighted by atomic mass is 16.2. The summed E-state index contributed by atoms with van der Waals surface area (Å²) in [5.74, 6) is 0.341. The van der Waals surface area contributed by atoms with Crippen molar-refractivity contribution in [1.82, 2.24) is 10.2 Å².